The molecular weight excluding hydrogens is 349 g/mol. The number of aromatic nitrogens is 1. The van der Waals surface area contributed by atoms with Gasteiger partial charge in [0.15, 0.2) is 11.7 Å². The van der Waals surface area contributed by atoms with Gasteiger partial charge in [0.2, 0.25) is 0 Å². The van der Waals surface area contributed by atoms with Crippen LogP contribution in [0.4, 0.5) is 4.39 Å². The van der Waals surface area contributed by atoms with Gasteiger partial charge in [0.25, 0.3) is 0 Å². The van der Waals surface area contributed by atoms with E-state index < -0.39 is 17.9 Å². The van der Waals surface area contributed by atoms with Crippen LogP contribution in [0.3, 0.4) is 0 Å². The highest BCUT2D eigenvalue weighted by Crippen LogP contribution is 2.38. The number of fused-ring (bicyclic) bond motifs is 1. The van der Waals surface area contributed by atoms with E-state index in [1.807, 2.05) is 0 Å². The van der Waals surface area contributed by atoms with Crippen molar-refractivity contribution < 1.29 is 23.2 Å². The Bertz CT molecular complexity index is 925. The predicted octanol–water partition coefficient (Wildman–Crippen LogP) is 4.62. The van der Waals surface area contributed by atoms with Gasteiger partial charge in [0, 0.05) is 5.56 Å². The smallest absolute Gasteiger partial charge is 0.347 e. The Labute approximate surface area is 148 Å². The Kier molecular flexibility index (Phi) is 4.90. The first kappa shape index (κ1) is 17.2. The molecule has 5 nitrogen and oxygen atoms in total. The largest absolute Gasteiger partial charge is 0.477 e. The number of ether oxygens (including phenoxy) is 2. The second kappa shape index (κ2) is 7.11. The molecule has 0 bridgehead atoms. The number of carbonyl (C=O) groups excluding carboxylic acids is 1. The van der Waals surface area contributed by atoms with Gasteiger partial charge in [0.1, 0.15) is 22.3 Å². The molecule has 130 valence electrons. The van der Waals surface area contributed by atoms with Gasteiger partial charge in [-0.3, -0.25) is 0 Å². The van der Waals surface area contributed by atoms with Gasteiger partial charge in [0.05, 0.1) is 12.0 Å². The summed E-state index contributed by atoms with van der Waals surface area (Å²) in [5, 5.41) is 4.63. The summed E-state index contributed by atoms with van der Waals surface area (Å²) in [7, 11) is 0. The van der Waals surface area contributed by atoms with Crippen molar-refractivity contribution >= 4 is 28.5 Å². The number of hydrogen-bond donors (Lipinski definition) is 0. The van der Waals surface area contributed by atoms with Gasteiger partial charge < -0.3 is 14.0 Å². The molecule has 7 heteroatoms. The van der Waals surface area contributed by atoms with E-state index >= 15 is 0 Å². The van der Waals surface area contributed by atoms with Crippen molar-refractivity contribution in [3.8, 4) is 17.0 Å². The van der Waals surface area contributed by atoms with Gasteiger partial charge in [-0.2, -0.15) is 0 Å². The Morgan fingerprint density at radius 1 is 1.32 bits per heavy atom. The van der Waals surface area contributed by atoms with Gasteiger partial charge in [-0.1, -0.05) is 28.9 Å². The van der Waals surface area contributed by atoms with Crippen molar-refractivity contribution in [1.29, 1.82) is 0 Å². The molecule has 2 aromatic carbocycles. The highest BCUT2D eigenvalue weighted by Gasteiger charge is 2.21. The average molecular weight is 364 g/mol. The molecule has 1 heterocycles. The lowest BCUT2D eigenvalue weighted by Crippen LogP contribution is -2.26. The van der Waals surface area contributed by atoms with Crippen LogP contribution in [0.1, 0.15) is 13.8 Å². The van der Waals surface area contributed by atoms with Crippen molar-refractivity contribution in [2.45, 2.75) is 20.0 Å². The normalized spacial score (nSPS) is 12.2. The molecule has 0 aliphatic carbocycles. The summed E-state index contributed by atoms with van der Waals surface area (Å²) in [6, 6.07) is 9.49. The van der Waals surface area contributed by atoms with Crippen molar-refractivity contribution in [3.63, 3.8) is 0 Å². The monoisotopic (exact) mass is 363 g/mol. The van der Waals surface area contributed by atoms with Crippen LogP contribution in [0.2, 0.25) is 5.02 Å². The number of benzene rings is 2. The minimum atomic E-state index is -0.830. The third-order valence-electron chi connectivity index (χ3n) is 3.60. The first-order valence-electron chi connectivity index (χ1n) is 7.69. The molecule has 3 rings (SSSR count). The van der Waals surface area contributed by atoms with E-state index in [0.717, 1.165) is 0 Å². The Morgan fingerprint density at radius 3 is 2.80 bits per heavy atom. The minimum Gasteiger partial charge on any atom is -0.477 e. The molecule has 3 aromatic rings. The molecule has 1 aromatic heterocycles. The second-order valence-electron chi connectivity index (χ2n) is 5.28. The number of carbonyl (C=O) groups is 1. The molecule has 0 saturated carbocycles. The number of hydrogen-bond acceptors (Lipinski definition) is 5. The summed E-state index contributed by atoms with van der Waals surface area (Å²) in [6.45, 7) is 3.53. The van der Waals surface area contributed by atoms with Crippen LogP contribution in [0.5, 0.6) is 5.75 Å². The zero-order chi connectivity index (χ0) is 18.0. The first-order chi connectivity index (χ1) is 12.0. The fraction of sp³-hybridized carbons (Fsp3) is 0.222. The summed E-state index contributed by atoms with van der Waals surface area (Å²) in [5.74, 6) is -0.653. The van der Waals surface area contributed by atoms with Crippen molar-refractivity contribution in [2.24, 2.45) is 0 Å². The van der Waals surface area contributed by atoms with Gasteiger partial charge >= 0.3 is 5.97 Å². The van der Waals surface area contributed by atoms with Gasteiger partial charge in [-0.15, -0.1) is 0 Å². The summed E-state index contributed by atoms with van der Waals surface area (Å²) < 4.78 is 29.7. The van der Waals surface area contributed by atoms with Crippen LogP contribution in [-0.2, 0) is 9.53 Å². The van der Waals surface area contributed by atoms with Crippen molar-refractivity contribution in [1.82, 2.24) is 5.16 Å². The predicted molar refractivity (Wildman–Crippen MR) is 91.1 cm³/mol. The van der Waals surface area contributed by atoms with E-state index in [-0.39, 0.29) is 23.0 Å². The maximum absolute atomic E-state index is 14.0. The molecule has 25 heavy (non-hydrogen) atoms. The summed E-state index contributed by atoms with van der Waals surface area (Å²) in [4.78, 5) is 11.7. The van der Waals surface area contributed by atoms with Crippen LogP contribution in [0, 0.1) is 5.82 Å². The first-order valence-corrected chi connectivity index (χ1v) is 8.06. The average Bonchev–Trinajstić information content (AvgIpc) is 3.02. The van der Waals surface area contributed by atoms with Crippen LogP contribution >= 0.6 is 11.6 Å². The molecule has 1 unspecified atom stereocenters. The maximum atomic E-state index is 14.0. The van der Waals surface area contributed by atoms with Crippen LogP contribution < -0.4 is 4.74 Å². The highest BCUT2D eigenvalue weighted by atomic mass is 35.5. The Balaban J connectivity index is 1.97. The molecule has 1 atom stereocenters. The molecule has 0 N–H and O–H groups in total. The van der Waals surface area contributed by atoms with Crippen LogP contribution in [-0.4, -0.2) is 23.8 Å². The molecule has 0 saturated heterocycles. The third-order valence-corrected chi connectivity index (χ3v) is 3.95. The van der Waals surface area contributed by atoms with E-state index in [1.54, 1.807) is 44.2 Å². The van der Waals surface area contributed by atoms with Crippen molar-refractivity contribution in [3.05, 3.63) is 47.2 Å². The molecular formula is C18H15ClFNO4. The van der Waals surface area contributed by atoms with Crippen LogP contribution in [0.25, 0.3) is 22.2 Å². The van der Waals surface area contributed by atoms with Gasteiger partial charge in [-0.25, -0.2) is 9.18 Å². The van der Waals surface area contributed by atoms with E-state index in [9.17, 15) is 9.18 Å². The fourth-order valence-corrected chi connectivity index (χ4v) is 2.63. The number of nitrogens with zero attached hydrogens (tertiary/aromatic N) is 1. The lowest BCUT2D eigenvalue weighted by atomic mass is 10.1. The maximum Gasteiger partial charge on any atom is 0.347 e. The lowest BCUT2D eigenvalue weighted by Gasteiger charge is -2.14. The molecule has 0 spiro atoms. The highest BCUT2D eigenvalue weighted by molar-refractivity contribution is 6.36. The second-order valence-corrected chi connectivity index (χ2v) is 5.66. The molecule has 0 fully saturated rings. The zero-order valence-corrected chi connectivity index (χ0v) is 14.3. The van der Waals surface area contributed by atoms with E-state index in [1.165, 1.54) is 6.07 Å². The Morgan fingerprint density at radius 2 is 2.08 bits per heavy atom. The van der Waals surface area contributed by atoms with E-state index in [0.29, 0.717) is 16.6 Å². The minimum absolute atomic E-state index is 0.156. The molecule has 0 aliphatic heterocycles. The van der Waals surface area contributed by atoms with Crippen molar-refractivity contribution in [2.75, 3.05) is 6.61 Å². The SMILES string of the molecule is CCOC(=O)C(C)Oc1ccc2c(-c3ccccc3F)noc2c1Cl. The van der Waals surface area contributed by atoms with Crippen LogP contribution in [0.15, 0.2) is 40.9 Å². The van der Waals surface area contributed by atoms with E-state index in [4.69, 9.17) is 25.6 Å². The summed E-state index contributed by atoms with van der Waals surface area (Å²) >= 11 is 6.30. The standard InChI is InChI=1S/C18H15ClFNO4/c1-3-23-18(22)10(2)24-14-9-8-12-16(21-25-17(12)15(14)19)11-6-4-5-7-13(11)20/h4-10H,3H2,1-2H3. The number of rotatable bonds is 5. The third kappa shape index (κ3) is 3.30. The zero-order valence-electron chi connectivity index (χ0n) is 13.6. The van der Waals surface area contributed by atoms with E-state index in [2.05, 4.69) is 5.16 Å². The van der Waals surface area contributed by atoms with Gasteiger partial charge in [-0.05, 0) is 38.1 Å². The molecule has 0 aliphatic rings. The number of halogens is 2. The summed E-state index contributed by atoms with van der Waals surface area (Å²) in [6.07, 6.45) is -0.830. The fourth-order valence-electron chi connectivity index (χ4n) is 2.39. The number of esters is 1. The Hall–Kier alpha value is -2.60. The topological polar surface area (TPSA) is 61.6 Å². The quantitative estimate of drug-likeness (QED) is 0.619. The molecule has 0 radical (unpaired) electrons. The lowest BCUT2D eigenvalue weighted by molar-refractivity contribution is -0.150. The molecule has 0 amide bonds. The summed E-state index contributed by atoms with van der Waals surface area (Å²) in [5.41, 5.74) is 0.916.